The fourth-order valence-corrected chi connectivity index (χ4v) is 4.13. The first-order valence-corrected chi connectivity index (χ1v) is 10.0. The molecule has 1 aromatic heterocycles. The van der Waals surface area contributed by atoms with E-state index < -0.39 is 6.10 Å². The molecular formula is C22H24N4O3. The van der Waals surface area contributed by atoms with Gasteiger partial charge in [-0.2, -0.15) is 0 Å². The van der Waals surface area contributed by atoms with Crippen LogP contribution in [0.15, 0.2) is 54.6 Å². The molecule has 0 radical (unpaired) electrons. The van der Waals surface area contributed by atoms with Gasteiger partial charge in [0.25, 0.3) is 5.91 Å². The first-order valence-electron chi connectivity index (χ1n) is 10.0. The van der Waals surface area contributed by atoms with E-state index in [4.69, 9.17) is 9.47 Å². The van der Waals surface area contributed by atoms with Gasteiger partial charge in [0.2, 0.25) is 6.10 Å². The molecule has 3 N–H and O–H groups in total. The molecule has 3 unspecified atom stereocenters. The largest absolute Gasteiger partial charge is 0.485 e. The lowest BCUT2D eigenvalue weighted by Crippen LogP contribution is -2.51. The van der Waals surface area contributed by atoms with E-state index in [9.17, 15) is 4.79 Å². The van der Waals surface area contributed by atoms with Crippen molar-refractivity contribution in [1.29, 1.82) is 0 Å². The maximum Gasteiger partial charge on any atom is 0.265 e. The monoisotopic (exact) mass is 392 g/mol. The zero-order valence-corrected chi connectivity index (χ0v) is 16.2. The fourth-order valence-electron chi connectivity index (χ4n) is 4.13. The summed E-state index contributed by atoms with van der Waals surface area (Å²) in [6.07, 6.45) is -0.101. The number of nitrogens with zero attached hydrogens (tertiary/aromatic N) is 1. The molecule has 3 heterocycles. The first kappa shape index (κ1) is 18.0. The Morgan fingerprint density at radius 2 is 1.93 bits per heavy atom. The summed E-state index contributed by atoms with van der Waals surface area (Å²) in [4.78, 5) is 12.7. The number of carbonyl (C=O) groups is 1. The van der Waals surface area contributed by atoms with Crippen LogP contribution in [0.3, 0.4) is 0 Å². The Morgan fingerprint density at radius 1 is 1.14 bits per heavy atom. The maximum absolute atomic E-state index is 12.7. The average Bonchev–Trinajstić information content (AvgIpc) is 3.37. The second-order valence-electron chi connectivity index (χ2n) is 7.37. The lowest BCUT2D eigenvalue weighted by atomic mass is 10.1. The maximum atomic E-state index is 12.7. The summed E-state index contributed by atoms with van der Waals surface area (Å²) in [6, 6.07) is 18.1. The molecule has 1 saturated heterocycles. The van der Waals surface area contributed by atoms with Gasteiger partial charge < -0.3 is 19.4 Å². The number of hydrogen-bond donors (Lipinski definition) is 3. The van der Waals surface area contributed by atoms with Crippen LogP contribution in [0.25, 0.3) is 10.9 Å². The van der Waals surface area contributed by atoms with Gasteiger partial charge in [0.1, 0.15) is 6.61 Å². The predicted octanol–water partition coefficient (Wildman–Crippen LogP) is 2.48. The smallest absolute Gasteiger partial charge is 0.265 e. The predicted molar refractivity (Wildman–Crippen MR) is 110 cm³/mol. The zero-order valence-electron chi connectivity index (χ0n) is 16.2. The van der Waals surface area contributed by atoms with E-state index in [1.165, 1.54) is 16.6 Å². The van der Waals surface area contributed by atoms with Gasteiger partial charge in [-0.1, -0.05) is 30.3 Å². The number of benzene rings is 2. The number of nitrogens with one attached hydrogen (secondary N) is 3. The van der Waals surface area contributed by atoms with Gasteiger partial charge in [-0.25, -0.2) is 10.9 Å². The molecule has 1 fully saturated rings. The number of aryl methyl sites for hydroxylation is 1. The van der Waals surface area contributed by atoms with Crippen LogP contribution < -0.4 is 25.6 Å². The second-order valence-corrected chi connectivity index (χ2v) is 7.37. The third-order valence-electron chi connectivity index (χ3n) is 5.54. The highest BCUT2D eigenvalue weighted by molar-refractivity contribution is 5.82. The minimum absolute atomic E-state index is 0.108. The number of rotatable bonds is 4. The Hall–Kier alpha value is -3.03. The lowest BCUT2D eigenvalue weighted by Gasteiger charge is -2.26. The van der Waals surface area contributed by atoms with E-state index in [1.54, 1.807) is 0 Å². The normalized spacial score (nSPS) is 23.3. The van der Waals surface area contributed by atoms with Gasteiger partial charge in [-0.15, -0.1) is 0 Å². The number of aromatic nitrogens is 1. The molecule has 3 atom stereocenters. The lowest BCUT2D eigenvalue weighted by molar-refractivity contribution is -0.131. The van der Waals surface area contributed by atoms with Crippen molar-refractivity contribution >= 4 is 16.8 Å². The second kappa shape index (κ2) is 7.42. The van der Waals surface area contributed by atoms with E-state index in [2.05, 4.69) is 58.0 Å². The summed E-state index contributed by atoms with van der Waals surface area (Å²) in [5, 5.41) is 4.25. The molecule has 2 aromatic carbocycles. The van der Waals surface area contributed by atoms with Crippen LogP contribution in [0.2, 0.25) is 0 Å². The highest BCUT2D eigenvalue weighted by atomic mass is 16.6. The SMILES string of the molecule is CCn1c(C2CC(NC(=O)C3COc4ccccc4O3)NN2)cc2ccccc21. The molecule has 0 aliphatic carbocycles. The zero-order chi connectivity index (χ0) is 19.8. The Bertz CT molecular complexity index is 1050. The molecule has 2 aliphatic rings. The molecule has 2 aliphatic heterocycles. The molecule has 0 spiro atoms. The molecule has 29 heavy (non-hydrogen) atoms. The van der Waals surface area contributed by atoms with Crippen molar-refractivity contribution in [2.75, 3.05) is 6.61 Å². The molecule has 3 aromatic rings. The Labute approximate surface area is 169 Å². The van der Waals surface area contributed by atoms with Crippen molar-refractivity contribution in [3.05, 3.63) is 60.3 Å². The van der Waals surface area contributed by atoms with Crippen molar-refractivity contribution < 1.29 is 14.3 Å². The number of amides is 1. The number of fused-ring (bicyclic) bond motifs is 2. The van der Waals surface area contributed by atoms with Crippen LogP contribution in [0.1, 0.15) is 25.1 Å². The number of ether oxygens (including phenoxy) is 2. The number of hydrogen-bond acceptors (Lipinski definition) is 5. The van der Waals surface area contributed by atoms with Gasteiger partial charge in [-0.05, 0) is 36.6 Å². The van der Waals surface area contributed by atoms with Gasteiger partial charge in [0, 0.05) is 24.2 Å². The van der Waals surface area contributed by atoms with Crippen molar-refractivity contribution in [2.45, 2.75) is 38.2 Å². The van der Waals surface area contributed by atoms with Crippen LogP contribution in [0.5, 0.6) is 11.5 Å². The standard InChI is InChI=1S/C22H24N4O3/c1-2-26-16-8-4-3-7-14(16)11-17(26)15-12-21(25-24-15)23-22(27)20-13-28-18-9-5-6-10-19(18)29-20/h3-11,15,20-21,24-25H,2,12-13H2,1H3,(H,23,27). The average molecular weight is 392 g/mol. The van der Waals surface area contributed by atoms with E-state index in [0.717, 1.165) is 13.0 Å². The topological polar surface area (TPSA) is 76.6 Å². The van der Waals surface area contributed by atoms with Crippen molar-refractivity contribution in [3.8, 4) is 11.5 Å². The molecule has 0 saturated carbocycles. The third kappa shape index (κ3) is 3.32. The minimum Gasteiger partial charge on any atom is -0.485 e. The number of hydrazine groups is 1. The fraction of sp³-hybridized carbons (Fsp3) is 0.318. The van der Waals surface area contributed by atoms with Crippen LogP contribution in [-0.2, 0) is 11.3 Å². The van der Waals surface area contributed by atoms with Gasteiger partial charge in [0.15, 0.2) is 11.5 Å². The van der Waals surface area contributed by atoms with Crippen LogP contribution in [-0.4, -0.2) is 29.4 Å². The summed E-state index contributed by atoms with van der Waals surface area (Å²) in [6.45, 7) is 3.25. The highest BCUT2D eigenvalue weighted by Gasteiger charge is 2.33. The summed E-state index contributed by atoms with van der Waals surface area (Å²) < 4.78 is 13.8. The Morgan fingerprint density at radius 3 is 2.79 bits per heavy atom. The van der Waals surface area contributed by atoms with Crippen LogP contribution in [0, 0.1) is 0 Å². The molecule has 5 rings (SSSR count). The molecule has 1 amide bonds. The first-order chi connectivity index (χ1) is 14.2. The highest BCUT2D eigenvalue weighted by Crippen LogP contribution is 2.31. The van der Waals surface area contributed by atoms with Crippen LogP contribution >= 0.6 is 0 Å². The van der Waals surface area contributed by atoms with E-state index in [1.807, 2.05) is 24.3 Å². The Balaban J connectivity index is 1.26. The summed E-state index contributed by atoms with van der Waals surface area (Å²) >= 11 is 0. The van der Waals surface area contributed by atoms with Gasteiger partial charge in [0.05, 0.1) is 12.2 Å². The summed E-state index contributed by atoms with van der Waals surface area (Å²) in [5.41, 5.74) is 8.96. The van der Waals surface area contributed by atoms with Crippen LogP contribution in [0.4, 0.5) is 0 Å². The van der Waals surface area contributed by atoms with E-state index in [0.29, 0.717) is 11.5 Å². The third-order valence-corrected chi connectivity index (χ3v) is 5.54. The molecule has 7 nitrogen and oxygen atoms in total. The number of para-hydroxylation sites is 3. The van der Waals surface area contributed by atoms with Crippen molar-refractivity contribution in [1.82, 2.24) is 20.7 Å². The molecule has 7 heteroatoms. The van der Waals surface area contributed by atoms with Crippen molar-refractivity contribution in [2.24, 2.45) is 0 Å². The molecule has 150 valence electrons. The molecular weight excluding hydrogens is 368 g/mol. The van der Waals surface area contributed by atoms with Gasteiger partial charge in [-0.3, -0.25) is 4.79 Å². The van der Waals surface area contributed by atoms with Gasteiger partial charge >= 0.3 is 0 Å². The quantitative estimate of drug-likeness (QED) is 0.636. The summed E-state index contributed by atoms with van der Waals surface area (Å²) in [7, 11) is 0. The Kier molecular flexibility index (Phi) is 4.61. The van der Waals surface area contributed by atoms with Crippen molar-refractivity contribution in [3.63, 3.8) is 0 Å². The summed E-state index contributed by atoms with van der Waals surface area (Å²) in [5.74, 6) is 1.09. The van der Waals surface area contributed by atoms with E-state index >= 15 is 0 Å². The molecule has 0 bridgehead atoms. The van der Waals surface area contributed by atoms with E-state index in [-0.39, 0.29) is 24.7 Å². The number of carbonyl (C=O) groups excluding carboxylic acids is 1. The minimum atomic E-state index is -0.659.